The van der Waals surface area contributed by atoms with Crippen LogP contribution in [0, 0.1) is 11.3 Å². The molecule has 0 spiro atoms. The van der Waals surface area contributed by atoms with Crippen molar-refractivity contribution in [3.63, 3.8) is 0 Å². The first-order valence-electron chi connectivity index (χ1n) is 7.95. The van der Waals surface area contributed by atoms with Crippen LogP contribution in [0.15, 0.2) is 0 Å². The van der Waals surface area contributed by atoms with Crippen molar-refractivity contribution in [2.75, 3.05) is 0 Å². The van der Waals surface area contributed by atoms with E-state index in [2.05, 4.69) is 18.3 Å². The highest BCUT2D eigenvalue weighted by Gasteiger charge is 2.34. The van der Waals surface area contributed by atoms with Gasteiger partial charge in [-0.05, 0) is 32.1 Å². The van der Waals surface area contributed by atoms with Crippen LogP contribution in [0.4, 0.5) is 0 Å². The summed E-state index contributed by atoms with van der Waals surface area (Å²) in [6.07, 6.45) is 12.9. The van der Waals surface area contributed by atoms with Crippen molar-refractivity contribution in [3.8, 4) is 6.07 Å². The first-order valence-corrected chi connectivity index (χ1v) is 7.95. The Kier molecular flexibility index (Phi) is 7.55. The zero-order chi connectivity index (χ0) is 14.0. The second kappa shape index (κ2) is 8.96. The smallest absolute Gasteiger partial charge is 0.221 e. The molecule has 1 aliphatic rings. The molecule has 1 saturated carbocycles. The maximum Gasteiger partial charge on any atom is 0.221 e. The fraction of sp³-hybridized carbons (Fsp3) is 0.875. The molecule has 3 nitrogen and oxygen atoms in total. The number of hydrogen-bond donors (Lipinski definition) is 1. The number of nitriles is 1. The minimum absolute atomic E-state index is 0.0667. The molecule has 0 saturated heterocycles. The third kappa shape index (κ3) is 6.09. The van der Waals surface area contributed by atoms with Gasteiger partial charge >= 0.3 is 0 Å². The van der Waals surface area contributed by atoms with Crippen LogP contribution in [0.2, 0.25) is 0 Å². The lowest BCUT2D eigenvalue weighted by Gasteiger charge is -2.21. The normalized spacial score (nSPS) is 17.1. The summed E-state index contributed by atoms with van der Waals surface area (Å²) in [6.45, 7) is 2.22. The Hall–Kier alpha value is -1.04. The highest BCUT2D eigenvalue weighted by molar-refractivity contribution is 5.77. The lowest BCUT2D eigenvalue weighted by atomic mass is 9.99. The molecule has 0 aliphatic heterocycles. The molecule has 3 heteroatoms. The largest absolute Gasteiger partial charge is 0.338 e. The lowest BCUT2D eigenvalue weighted by molar-refractivity contribution is -0.122. The van der Waals surface area contributed by atoms with Crippen molar-refractivity contribution < 1.29 is 4.79 Å². The fourth-order valence-corrected chi connectivity index (χ4v) is 2.82. The summed E-state index contributed by atoms with van der Waals surface area (Å²) in [5.74, 6) is 0.0667. The van der Waals surface area contributed by atoms with Crippen LogP contribution in [0.3, 0.4) is 0 Å². The van der Waals surface area contributed by atoms with Gasteiger partial charge in [-0.25, -0.2) is 0 Å². The Morgan fingerprint density at radius 2 is 1.68 bits per heavy atom. The van der Waals surface area contributed by atoms with E-state index < -0.39 is 5.54 Å². The molecule has 1 rings (SSSR count). The summed E-state index contributed by atoms with van der Waals surface area (Å²) in [5, 5.41) is 12.1. The average Bonchev–Trinajstić information content (AvgIpc) is 2.87. The fourth-order valence-electron chi connectivity index (χ4n) is 2.82. The maximum atomic E-state index is 11.8. The molecule has 0 aromatic heterocycles. The van der Waals surface area contributed by atoms with E-state index in [-0.39, 0.29) is 5.91 Å². The van der Waals surface area contributed by atoms with Crippen LogP contribution in [0.5, 0.6) is 0 Å². The molecule has 0 radical (unpaired) electrons. The van der Waals surface area contributed by atoms with E-state index in [9.17, 15) is 10.1 Å². The molecule has 108 valence electrons. The summed E-state index contributed by atoms with van der Waals surface area (Å²) in [4.78, 5) is 11.8. The van der Waals surface area contributed by atoms with E-state index in [0.29, 0.717) is 6.42 Å². The number of hydrogen-bond acceptors (Lipinski definition) is 2. The van der Waals surface area contributed by atoms with E-state index in [1.54, 1.807) is 0 Å². The molecule has 0 atom stereocenters. The predicted molar refractivity (Wildman–Crippen MR) is 77.6 cm³/mol. The minimum Gasteiger partial charge on any atom is -0.338 e. The Morgan fingerprint density at radius 1 is 1.11 bits per heavy atom. The van der Waals surface area contributed by atoms with Gasteiger partial charge in [-0.2, -0.15) is 5.26 Å². The van der Waals surface area contributed by atoms with E-state index in [0.717, 1.165) is 38.5 Å². The van der Waals surface area contributed by atoms with Crippen LogP contribution < -0.4 is 5.32 Å². The molecule has 0 bridgehead atoms. The molecule has 0 aromatic carbocycles. The summed E-state index contributed by atoms with van der Waals surface area (Å²) in [7, 11) is 0. The predicted octanol–water partition coefficient (Wildman–Crippen LogP) is 4.08. The third-order valence-electron chi connectivity index (χ3n) is 4.06. The number of unbranched alkanes of at least 4 members (excludes halogenated alkanes) is 6. The molecular weight excluding hydrogens is 236 g/mol. The first-order chi connectivity index (χ1) is 9.22. The monoisotopic (exact) mass is 264 g/mol. The topological polar surface area (TPSA) is 52.9 Å². The van der Waals surface area contributed by atoms with Crippen LogP contribution in [0.25, 0.3) is 0 Å². The standard InChI is InChI=1S/C16H28N2O/c1-2-3-4-5-6-7-8-11-15(19)18-16(14-17)12-9-10-13-16/h2-13H2,1H3,(H,18,19). The summed E-state index contributed by atoms with van der Waals surface area (Å²) in [5.41, 5.74) is -0.543. The van der Waals surface area contributed by atoms with Crippen LogP contribution in [0.1, 0.15) is 84.0 Å². The summed E-state index contributed by atoms with van der Waals surface area (Å²) >= 11 is 0. The second-order valence-corrected chi connectivity index (χ2v) is 5.82. The van der Waals surface area contributed by atoms with Gasteiger partial charge in [-0.3, -0.25) is 4.79 Å². The molecule has 1 fully saturated rings. The minimum atomic E-state index is -0.543. The third-order valence-corrected chi connectivity index (χ3v) is 4.06. The molecule has 0 heterocycles. The number of nitrogens with zero attached hydrogens (tertiary/aromatic N) is 1. The number of nitrogens with one attached hydrogen (secondary N) is 1. The Bertz CT molecular complexity index is 300. The van der Waals surface area contributed by atoms with E-state index >= 15 is 0 Å². The van der Waals surface area contributed by atoms with Gasteiger partial charge in [0.25, 0.3) is 0 Å². The van der Waals surface area contributed by atoms with E-state index in [1.165, 1.54) is 32.1 Å². The summed E-state index contributed by atoms with van der Waals surface area (Å²) in [6, 6.07) is 2.30. The molecular formula is C16H28N2O. The van der Waals surface area contributed by atoms with Crippen LogP contribution >= 0.6 is 0 Å². The zero-order valence-corrected chi connectivity index (χ0v) is 12.3. The molecule has 1 N–H and O–H groups in total. The van der Waals surface area contributed by atoms with Gasteiger partial charge in [0.2, 0.25) is 5.91 Å². The van der Waals surface area contributed by atoms with E-state index in [1.807, 2.05) is 0 Å². The van der Waals surface area contributed by atoms with Crippen molar-refractivity contribution in [2.45, 2.75) is 89.5 Å². The zero-order valence-electron chi connectivity index (χ0n) is 12.3. The van der Waals surface area contributed by atoms with Gasteiger partial charge in [-0.1, -0.05) is 45.4 Å². The van der Waals surface area contributed by atoms with Crippen molar-refractivity contribution in [3.05, 3.63) is 0 Å². The quantitative estimate of drug-likeness (QED) is 0.638. The van der Waals surface area contributed by atoms with Crippen LogP contribution in [-0.4, -0.2) is 11.4 Å². The van der Waals surface area contributed by atoms with Gasteiger partial charge in [0, 0.05) is 6.42 Å². The van der Waals surface area contributed by atoms with E-state index in [4.69, 9.17) is 0 Å². The lowest BCUT2D eigenvalue weighted by Crippen LogP contribution is -2.44. The highest BCUT2D eigenvalue weighted by atomic mass is 16.1. The Labute approximate surface area is 117 Å². The average molecular weight is 264 g/mol. The summed E-state index contributed by atoms with van der Waals surface area (Å²) < 4.78 is 0. The highest BCUT2D eigenvalue weighted by Crippen LogP contribution is 2.29. The first kappa shape index (κ1) is 16.0. The number of amides is 1. The Morgan fingerprint density at radius 3 is 2.26 bits per heavy atom. The SMILES string of the molecule is CCCCCCCCCC(=O)NC1(C#N)CCCC1. The molecule has 0 unspecified atom stereocenters. The number of carbonyl (C=O) groups excluding carboxylic acids is 1. The second-order valence-electron chi connectivity index (χ2n) is 5.82. The van der Waals surface area contributed by atoms with Crippen molar-refractivity contribution in [1.29, 1.82) is 5.26 Å². The van der Waals surface area contributed by atoms with Crippen LogP contribution in [-0.2, 0) is 4.79 Å². The van der Waals surface area contributed by atoms with Crippen molar-refractivity contribution >= 4 is 5.91 Å². The van der Waals surface area contributed by atoms with Gasteiger partial charge in [0.15, 0.2) is 0 Å². The van der Waals surface area contributed by atoms with Gasteiger partial charge in [0.05, 0.1) is 6.07 Å². The molecule has 1 amide bonds. The molecule has 19 heavy (non-hydrogen) atoms. The maximum absolute atomic E-state index is 11.8. The number of rotatable bonds is 9. The van der Waals surface area contributed by atoms with Gasteiger partial charge < -0.3 is 5.32 Å². The van der Waals surface area contributed by atoms with Gasteiger partial charge in [-0.15, -0.1) is 0 Å². The molecule has 0 aromatic rings. The number of carbonyl (C=O) groups is 1. The van der Waals surface area contributed by atoms with Crippen molar-refractivity contribution in [1.82, 2.24) is 5.32 Å². The Balaban J connectivity index is 2.06. The van der Waals surface area contributed by atoms with Crippen molar-refractivity contribution in [2.24, 2.45) is 0 Å². The van der Waals surface area contributed by atoms with Gasteiger partial charge in [0.1, 0.15) is 5.54 Å². The molecule has 1 aliphatic carbocycles.